The van der Waals surface area contributed by atoms with Crippen molar-refractivity contribution in [1.29, 1.82) is 0 Å². The van der Waals surface area contributed by atoms with E-state index in [0.29, 0.717) is 43.6 Å². The molecule has 0 atom stereocenters. The molecule has 0 bridgehead atoms. The van der Waals surface area contributed by atoms with Crippen LogP contribution < -0.4 is 15.4 Å². The first-order chi connectivity index (χ1) is 17.1. The Bertz CT molecular complexity index is 1080. The summed E-state index contributed by atoms with van der Waals surface area (Å²) in [5.41, 5.74) is 8.74. The summed E-state index contributed by atoms with van der Waals surface area (Å²) in [6.07, 6.45) is 6.76. The zero-order valence-electron chi connectivity index (χ0n) is 20.1. The number of aromatic nitrogens is 2. The topological polar surface area (TPSA) is 102 Å². The molecular weight excluding hydrogens is 440 g/mol. The smallest absolute Gasteiger partial charge is 0.339 e. The van der Waals surface area contributed by atoms with E-state index in [0.717, 1.165) is 50.1 Å². The maximum absolute atomic E-state index is 11.8. The lowest BCUT2D eigenvalue weighted by Crippen LogP contribution is -2.35. The van der Waals surface area contributed by atoms with Crippen molar-refractivity contribution < 1.29 is 14.6 Å². The molecule has 2 heterocycles. The molecule has 0 spiro atoms. The summed E-state index contributed by atoms with van der Waals surface area (Å²) >= 11 is 0. The molecule has 1 saturated heterocycles. The molecule has 1 aromatic heterocycles. The van der Waals surface area contributed by atoms with Crippen molar-refractivity contribution in [2.45, 2.75) is 38.5 Å². The van der Waals surface area contributed by atoms with Gasteiger partial charge in [-0.15, -0.1) is 0 Å². The van der Waals surface area contributed by atoms with E-state index < -0.39 is 5.97 Å². The second kappa shape index (κ2) is 12.3. The van der Waals surface area contributed by atoms with Gasteiger partial charge in [0.25, 0.3) is 0 Å². The standard InChI is InChI=1S/C28H34N4O3/c29-15-4-18-35-24-10-7-21(8-11-24)9-12-26-25(27(33)34)20-30-28(31-26)32-16-13-23(14-17-32)19-22-5-2-1-3-6-22/h1-3,5-8,10-11,20,23H,4,9,12-19,29H2,(H,33,34). The number of anilines is 1. The number of carboxylic acids is 1. The van der Waals surface area contributed by atoms with E-state index in [2.05, 4.69) is 40.2 Å². The van der Waals surface area contributed by atoms with Crippen LogP contribution in [-0.2, 0) is 19.3 Å². The fraction of sp³-hybridized carbons (Fsp3) is 0.393. The Hall–Kier alpha value is -3.45. The third-order valence-electron chi connectivity index (χ3n) is 6.54. The van der Waals surface area contributed by atoms with Gasteiger partial charge >= 0.3 is 5.97 Å². The zero-order valence-corrected chi connectivity index (χ0v) is 20.1. The summed E-state index contributed by atoms with van der Waals surface area (Å²) in [5, 5.41) is 9.66. The van der Waals surface area contributed by atoms with Crippen molar-refractivity contribution >= 4 is 11.9 Å². The van der Waals surface area contributed by atoms with Crippen LogP contribution in [0, 0.1) is 5.92 Å². The number of carboxylic acid groups (broad SMARTS) is 1. The highest BCUT2D eigenvalue weighted by molar-refractivity contribution is 5.88. The Morgan fingerprint density at radius 1 is 1.03 bits per heavy atom. The van der Waals surface area contributed by atoms with Gasteiger partial charge in [-0.05, 0) is 74.2 Å². The van der Waals surface area contributed by atoms with Crippen LogP contribution in [0.15, 0.2) is 60.8 Å². The van der Waals surface area contributed by atoms with E-state index in [1.807, 2.05) is 24.3 Å². The van der Waals surface area contributed by atoms with Gasteiger partial charge < -0.3 is 20.5 Å². The van der Waals surface area contributed by atoms with Gasteiger partial charge in [-0.3, -0.25) is 0 Å². The van der Waals surface area contributed by atoms with Gasteiger partial charge in [0.05, 0.1) is 17.9 Å². The number of aromatic carboxylic acids is 1. The molecule has 0 saturated carbocycles. The second-order valence-corrected chi connectivity index (χ2v) is 9.09. The number of aryl methyl sites for hydroxylation is 2. The normalized spacial score (nSPS) is 14.1. The fourth-order valence-corrected chi connectivity index (χ4v) is 4.50. The van der Waals surface area contributed by atoms with Crippen LogP contribution in [0.4, 0.5) is 5.95 Å². The van der Waals surface area contributed by atoms with Crippen molar-refractivity contribution in [3.8, 4) is 5.75 Å². The van der Waals surface area contributed by atoms with Crippen LogP contribution in [0.25, 0.3) is 0 Å². The minimum absolute atomic E-state index is 0.175. The third kappa shape index (κ3) is 7.02. The minimum Gasteiger partial charge on any atom is -0.494 e. The Morgan fingerprint density at radius 3 is 2.46 bits per heavy atom. The maximum atomic E-state index is 11.8. The van der Waals surface area contributed by atoms with Gasteiger partial charge in [-0.1, -0.05) is 42.5 Å². The molecule has 1 fully saturated rings. The lowest BCUT2D eigenvalue weighted by atomic mass is 9.90. The van der Waals surface area contributed by atoms with Crippen LogP contribution >= 0.6 is 0 Å². The van der Waals surface area contributed by atoms with Gasteiger partial charge in [-0.2, -0.15) is 0 Å². The first-order valence-corrected chi connectivity index (χ1v) is 12.4. The van der Waals surface area contributed by atoms with Crippen molar-refractivity contribution in [2.24, 2.45) is 11.7 Å². The third-order valence-corrected chi connectivity index (χ3v) is 6.54. The van der Waals surface area contributed by atoms with Gasteiger partial charge in [0.15, 0.2) is 0 Å². The number of hydrogen-bond acceptors (Lipinski definition) is 6. The van der Waals surface area contributed by atoms with E-state index in [4.69, 9.17) is 15.5 Å². The van der Waals surface area contributed by atoms with E-state index in [1.165, 1.54) is 11.8 Å². The SMILES string of the molecule is NCCCOc1ccc(CCc2nc(N3CCC(Cc4ccccc4)CC3)ncc2C(=O)O)cc1. The average molecular weight is 475 g/mol. The van der Waals surface area contributed by atoms with E-state index in [1.54, 1.807) is 0 Å². The molecule has 7 nitrogen and oxygen atoms in total. The number of benzene rings is 2. The number of piperidine rings is 1. The van der Waals surface area contributed by atoms with Crippen molar-refractivity contribution in [1.82, 2.24) is 9.97 Å². The van der Waals surface area contributed by atoms with Crippen LogP contribution in [-0.4, -0.2) is 47.3 Å². The fourth-order valence-electron chi connectivity index (χ4n) is 4.50. The maximum Gasteiger partial charge on any atom is 0.339 e. The molecule has 0 radical (unpaired) electrons. The summed E-state index contributed by atoms with van der Waals surface area (Å²) in [7, 11) is 0. The molecule has 3 N–H and O–H groups in total. The number of ether oxygens (including phenoxy) is 1. The molecule has 4 rings (SSSR count). The van der Waals surface area contributed by atoms with E-state index in [-0.39, 0.29) is 5.56 Å². The number of nitrogens with two attached hydrogens (primary N) is 1. The predicted octanol–water partition coefficient (Wildman–Crippen LogP) is 4.15. The molecule has 2 aromatic carbocycles. The summed E-state index contributed by atoms with van der Waals surface area (Å²) in [6.45, 7) is 2.98. The summed E-state index contributed by atoms with van der Waals surface area (Å²) in [4.78, 5) is 23.1. The van der Waals surface area contributed by atoms with Gasteiger partial charge in [0, 0.05) is 19.3 Å². The lowest BCUT2D eigenvalue weighted by Gasteiger charge is -2.32. The van der Waals surface area contributed by atoms with Crippen molar-refractivity contribution in [3.63, 3.8) is 0 Å². The quantitative estimate of drug-likeness (QED) is 0.403. The number of carbonyl (C=O) groups is 1. The van der Waals surface area contributed by atoms with Crippen LogP contribution in [0.5, 0.6) is 5.75 Å². The van der Waals surface area contributed by atoms with E-state index >= 15 is 0 Å². The molecule has 3 aromatic rings. The van der Waals surface area contributed by atoms with Gasteiger partial charge in [0.2, 0.25) is 5.95 Å². The highest BCUT2D eigenvalue weighted by Gasteiger charge is 2.23. The first-order valence-electron chi connectivity index (χ1n) is 12.4. The Labute approximate surface area is 207 Å². The zero-order chi connectivity index (χ0) is 24.5. The molecular formula is C28H34N4O3. The molecule has 1 aliphatic heterocycles. The predicted molar refractivity (Wildman–Crippen MR) is 137 cm³/mol. The molecule has 7 heteroatoms. The van der Waals surface area contributed by atoms with Crippen LogP contribution in [0.2, 0.25) is 0 Å². The Balaban J connectivity index is 1.36. The van der Waals surface area contributed by atoms with Gasteiger partial charge in [0.1, 0.15) is 5.75 Å². The van der Waals surface area contributed by atoms with Crippen LogP contribution in [0.3, 0.4) is 0 Å². The highest BCUT2D eigenvalue weighted by atomic mass is 16.5. The van der Waals surface area contributed by atoms with Crippen molar-refractivity contribution in [3.05, 3.63) is 83.2 Å². The molecule has 35 heavy (non-hydrogen) atoms. The van der Waals surface area contributed by atoms with Crippen LogP contribution in [0.1, 0.15) is 46.4 Å². The minimum atomic E-state index is -0.989. The summed E-state index contributed by atoms with van der Waals surface area (Å²) in [6, 6.07) is 18.5. The molecule has 184 valence electrons. The Morgan fingerprint density at radius 2 is 1.77 bits per heavy atom. The summed E-state index contributed by atoms with van der Waals surface area (Å²) < 4.78 is 5.65. The number of nitrogens with zero attached hydrogens (tertiary/aromatic N) is 3. The second-order valence-electron chi connectivity index (χ2n) is 9.09. The number of rotatable bonds is 11. The molecule has 0 unspecified atom stereocenters. The number of hydrogen-bond donors (Lipinski definition) is 2. The first kappa shape index (κ1) is 24.7. The molecule has 1 aliphatic rings. The Kier molecular flexibility index (Phi) is 8.68. The van der Waals surface area contributed by atoms with E-state index in [9.17, 15) is 9.90 Å². The summed E-state index contributed by atoms with van der Waals surface area (Å²) in [5.74, 6) is 1.10. The highest BCUT2D eigenvalue weighted by Crippen LogP contribution is 2.25. The van der Waals surface area contributed by atoms with Gasteiger partial charge in [-0.25, -0.2) is 14.8 Å². The molecule has 0 aliphatic carbocycles. The monoisotopic (exact) mass is 474 g/mol. The average Bonchev–Trinajstić information content (AvgIpc) is 2.89. The lowest BCUT2D eigenvalue weighted by molar-refractivity contribution is 0.0694. The van der Waals surface area contributed by atoms with Crippen molar-refractivity contribution in [2.75, 3.05) is 31.1 Å². The molecule has 0 amide bonds. The largest absolute Gasteiger partial charge is 0.494 e.